The van der Waals surface area contributed by atoms with Crippen molar-refractivity contribution >= 4 is 17.8 Å². The molecule has 2 unspecified atom stereocenters. The van der Waals surface area contributed by atoms with Gasteiger partial charge in [-0.1, -0.05) is 0 Å². The van der Waals surface area contributed by atoms with Crippen LogP contribution >= 0.6 is 0 Å². The molecule has 3 saturated heterocycles. The minimum Gasteiger partial charge on any atom is -0.465 e. The van der Waals surface area contributed by atoms with Crippen LogP contribution in [-0.4, -0.2) is 48.6 Å². The molecule has 0 aromatic heterocycles. The Morgan fingerprint density at radius 1 is 0.833 bits per heavy atom. The van der Waals surface area contributed by atoms with E-state index in [4.69, 9.17) is 23.8 Å². The lowest BCUT2D eigenvalue weighted by Crippen LogP contribution is -2.32. The van der Waals surface area contributed by atoms with Gasteiger partial charge in [-0.05, 0) is 37.8 Å². The summed E-state index contributed by atoms with van der Waals surface area (Å²) in [5.74, 6) is -1.17. The zero-order valence-electron chi connectivity index (χ0n) is 16.7. The molecule has 3 aliphatic heterocycles. The van der Waals surface area contributed by atoms with Crippen molar-refractivity contribution in [1.82, 2.24) is 5.06 Å². The molecular weight excluding hydrogens is 394 g/mol. The highest BCUT2D eigenvalue weighted by Crippen LogP contribution is 2.29. The van der Waals surface area contributed by atoms with Gasteiger partial charge in [0, 0.05) is 31.7 Å². The van der Waals surface area contributed by atoms with Crippen LogP contribution < -0.4 is 9.47 Å². The van der Waals surface area contributed by atoms with Gasteiger partial charge < -0.3 is 23.8 Å². The fraction of sp³-hybridized carbons (Fsp3) is 0.571. The molecule has 3 fully saturated rings. The quantitative estimate of drug-likeness (QED) is 0.649. The highest BCUT2D eigenvalue weighted by Gasteiger charge is 2.33. The fourth-order valence-corrected chi connectivity index (χ4v) is 3.53. The number of imide groups is 1. The van der Waals surface area contributed by atoms with Crippen LogP contribution in [0.5, 0.6) is 11.5 Å². The van der Waals surface area contributed by atoms with Crippen LogP contribution in [0.3, 0.4) is 0 Å². The normalized spacial score (nSPS) is 24.6. The van der Waals surface area contributed by atoms with Gasteiger partial charge in [-0.25, -0.2) is 4.79 Å². The summed E-state index contributed by atoms with van der Waals surface area (Å²) in [7, 11) is 0. The first-order valence-electron chi connectivity index (χ1n) is 10.4. The summed E-state index contributed by atoms with van der Waals surface area (Å²) in [4.78, 5) is 41.2. The lowest BCUT2D eigenvalue weighted by atomic mass is 10.2. The second kappa shape index (κ2) is 9.44. The summed E-state index contributed by atoms with van der Waals surface area (Å²) in [5, 5.41) is 0.519. The topological polar surface area (TPSA) is 101 Å². The molecule has 3 aliphatic rings. The minimum absolute atomic E-state index is 0.0294. The van der Waals surface area contributed by atoms with Crippen LogP contribution in [0, 0.1) is 0 Å². The van der Waals surface area contributed by atoms with Crippen molar-refractivity contribution in [2.24, 2.45) is 0 Å². The number of hydroxylamine groups is 2. The molecule has 30 heavy (non-hydrogen) atoms. The predicted octanol–water partition coefficient (Wildman–Crippen LogP) is 2.72. The maximum atomic E-state index is 12.6. The molecule has 0 radical (unpaired) electrons. The Labute approximate surface area is 174 Å². The van der Waals surface area contributed by atoms with Crippen LogP contribution in [0.15, 0.2) is 18.2 Å². The van der Waals surface area contributed by atoms with Crippen LogP contribution in [0.4, 0.5) is 0 Å². The Morgan fingerprint density at radius 3 is 1.83 bits per heavy atom. The number of amides is 2. The SMILES string of the molecule is O=C(ON1C(=O)CCC1=O)c1cc(OC2CCCCO2)cc(OC2CCCCO2)c1. The lowest BCUT2D eigenvalue weighted by Gasteiger charge is -2.25. The number of rotatable bonds is 6. The maximum absolute atomic E-state index is 12.6. The van der Waals surface area contributed by atoms with Crippen molar-refractivity contribution in [2.75, 3.05) is 13.2 Å². The summed E-state index contributed by atoms with van der Waals surface area (Å²) in [6.07, 6.45) is 4.67. The summed E-state index contributed by atoms with van der Waals surface area (Å²) in [5.41, 5.74) is 0.0987. The molecule has 9 nitrogen and oxygen atoms in total. The smallest absolute Gasteiger partial charge is 0.364 e. The lowest BCUT2D eigenvalue weighted by molar-refractivity contribution is -0.172. The molecule has 3 heterocycles. The Balaban J connectivity index is 1.52. The van der Waals surface area contributed by atoms with E-state index in [9.17, 15) is 14.4 Å². The number of benzene rings is 1. The van der Waals surface area contributed by atoms with E-state index in [2.05, 4.69) is 0 Å². The Morgan fingerprint density at radius 2 is 1.37 bits per heavy atom. The molecule has 162 valence electrons. The number of ether oxygens (including phenoxy) is 4. The van der Waals surface area contributed by atoms with Crippen molar-refractivity contribution in [2.45, 2.75) is 63.9 Å². The first kappa shape index (κ1) is 20.6. The van der Waals surface area contributed by atoms with Gasteiger partial charge in [0.2, 0.25) is 0 Å². The summed E-state index contributed by atoms with van der Waals surface area (Å²) < 4.78 is 23.0. The fourth-order valence-electron chi connectivity index (χ4n) is 3.53. The van der Waals surface area contributed by atoms with E-state index in [1.165, 1.54) is 12.1 Å². The Bertz CT molecular complexity index is 744. The molecule has 0 spiro atoms. The molecule has 0 bridgehead atoms. The van der Waals surface area contributed by atoms with Gasteiger partial charge in [-0.3, -0.25) is 9.59 Å². The van der Waals surface area contributed by atoms with Crippen LogP contribution in [0.1, 0.15) is 61.7 Å². The monoisotopic (exact) mass is 419 g/mol. The number of carbonyl (C=O) groups is 3. The van der Waals surface area contributed by atoms with Crippen LogP contribution in [0.2, 0.25) is 0 Å². The summed E-state index contributed by atoms with van der Waals surface area (Å²) in [6.45, 7) is 1.23. The molecule has 0 N–H and O–H groups in total. The zero-order chi connectivity index (χ0) is 20.9. The number of carbonyl (C=O) groups excluding carboxylic acids is 3. The van der Waals surface area contributed by atoms with Crippen molar-refractivity contribution in [3.05, 3.63) is 23.8 Å². The van der Waals surface area contributed by atoms with E-state index in [0.717, 1.165) is 38.5 Å². The van der Waals surface area contributed by atoms with Crippen LogP contribution in [-0.2, 0) is 23.9 Å². The zero-order valence-corrected chi connectivity index (χ0v) is 16.7. The molecule has 4 rings (SSSR count). The second-order valence-electron chi connectivity index (χ2n) is 7.48. The Kier molecular flexibility index (Phi) is 6.49. The third kappa shape index (κ3) is 5.09. The van der Waals surface area contributed by atoms with E-state index < -0.39 is 30.4 Å². The highest BCUT2D eigenvalue weighted by atomic mass is 16.7. The van der Waals surface area contributed by atoms with Crippen molar-refractivity contribution in [3.63, 3.8) is 0 Å². The third-order valence-electron chi connectivity index (χ3n) is 5.11. The van der Waals surface area contributed by atoms with E-state index >= 15 is 0 Å². The first-order valence-corrected chi connectivity index (χ1v) is 10.4. The number of nitrogens with zero attached hydrogens (tertiary/aromatic N) is 1. The average Bonchev–Trinajstić information content (AvgIpc) is 3.07. The summed E-state index contributed by atoms with van der Waals surface area (Å²) >= 11 is 0. The van der Waals surface area contributed by atoms with E-state index in [0.29, 0.717) is 29.8 Å². The first-order chi connectivity index (χ1) is 14.6. The highest BCUT2D eigenvalue weighted by molar-refractivity contribution is 6.02. The maximum Gasteiger partial charge on any atom is 0.364 e. The van der Waals surface area contributed by atoms with Gasteiger partial charge in [0.1, 0.15) is 11.5 Å². The summed E-state index contributed by atoms with van der Waals surface area (Å²) in [6, 6.07) is 4.64. The molecule has 0 saturated carbocycles. The molecule has 2 atom stereocenters. The second-order valence-corrected chi connectivity index (χ2v) is 7.48. The van der Waals surface area contributed by atoms with Gasteiger partial charge >= 0.3 is 5.97 Å². The van der Waals surface area contributed by atoms with Gasteiger partial charge in [0.15, 0.2) is 12.6 Å². The van der Waals surface area contributed by atoms with Crippen molar-refractivity contribution in [1.29, 1.82) is 0 Å². The van der Waals surface area contributed by atoms with Gasteiger partial charge in [-0.2, -0.15) is 0 Å². The molecule has 9 heteroatoms. The minimum atomic E-state index is -0.844. The van der Waals surface area contributed by atoms with Gasteiger partial charge in [0.05, 0.1) is 18.8 Å². The Hall–Kier alpha value is -2.65. The molecule has 1 aromatic rings. The molecule has 1 aromatic carbocycles. The van der Waals surface area contributed by atoms with Crippen molar-refractivity contribution in [3.8, 4) is 11.5 Å². The average molecular weight is 419 g/mol. The number of hydrogen-bond acceptors (Lipinski definition) is 8. The standard InChI is InChI=1S/C21H25NO8/c23-17-7-8-18(24)22(17)30-21(25)14-11-15(28-19-5-1-3-9-26-19)13-16(12-14)29-20-6-2-4-10-27-20/h11-13,19-20H,1-10H2. The molecular formula is C21H25NO8. The molecule has 2 amide bonds. The molecule has 0 aliphatic carbocycles. The van der Waals surface area contributed by atoms with Crippen LogP contribution in [0.25, 0.3) is 0 Å². The third-order valence-corrected chi connectivity index (χ3v) is 5.11. The van der Waals surface area contributed by atoms with Crippen molar-refractivity contribution < 1.29 is 38.2 Å². The number of hydrogen-bond donors (Lipinski definition) is 0. The van der Waals surface area contributed by atoms with E-state index in [1.807, 2.05) is 0 Å². The van der Waals surface area contributed by atoms with E-state index in [-0.39, 0.29) is 18.4 Å². The van der Waals surface area contributed by atoms with E-state index in [1.54, 1.807) is 6.07 Å². The van der Waals surface area contributed by atoms with Gasteiger partial charge in [-0.15, -0.1) is 5.06 Å². The largest absolute Gasteiger partial charge is 0.465 e. The van der Waals surface area contributed by atoms with Gasteiger partial charge in [0.25, 0.3) is 11.8 Å². The predicted molar refractivity (Wildman–Crippen MR) is 101 cm³/mol.